The van der Waals surface area contributed by atoms with Gasteiger partial charge >= 0.3 is 0 Å². The third-order valence-electron chi connectivity index (χ3n) is 4.30. The highest BCUT2D eigenvalue weighted by atomic mass is 16.5. The van der Waals surface area contributed by atoms with Crippen LogP contribution in [0.25, 0.3) is 6.08 Å². The van der Waals surface area contributed by atoms with Gasteiger partial charge in [0.05, 0.1) is 24.9 Å². The van der Waals surface area contributed by atoms with E-state index in [1.807, 2.05) is 62.3 Å². The van der Waals surface area contributed by atoms with E-state index in [2.05, 4.69) is 5.10 Å². The third kappa shape index (κ3) is 3.57. The van der Waals surface area contributed by atoms with E-state index >= 15 is 0 Å². The SMILES string of the molecule is Cn1cc(/C=C/C(=O)N2CC(c3ccccc3)OCC2(C)C)cn1. The van der Waals surface area contributed by atoms with Gasteiger partial charge in [-0.25, -0.2) is 0 Å². The number of morpholine rings is 1. The lowest BCUT2D eigenvalue weighted by Gasteiger charge is -2.45. The van der Waals surface area contributed by atoms with E-state index in [1.165, 1.54) is 0 Å². The van der Waals surface area contributed by atoms with E-state index in [9.17, 15) is 4.79 Å². The lowest BCUT2D eigenvalue weighted by Crippen LogP contribution is -2.55. The van der Waals surface area contributed by atoms with Crippen LogP contribution in [-0.2, 0) is 16.6 Å². The van der Waals surface area contributed by atoms with E-state index in [4.69, 9.17) is 4.74 Å². The van der Waals surface area contributed by atoms with Crippen LogP contribution in [0.2, 0.25) is 0 Å². The Hall–Kier alpha value is -2.40. The zero-order valence-corrected chi connectivity index (χ0v) is 14.3. The summed E-state index contributed by atoms with van der Waals surface area (Å²) >= 11 is 0. The molecule has 2 aromatic rings. The van der Waals surface area contributed by atoms with E-state index in [0.29, 0.717) is 13.2 Å². The number of hydrogen-bond acceptors (Lipinski definition) is 3. The maximum absolute atomic E-state index is 12.7. The predicted octanol–water partition coefficient (Wildman–Crippen LogP) is 2.81. The molecule has 1 fully saturated rings. The van der Waals surface area contributed by atoms with Crippen molar-refractivity contribution in [3.05, 3.63) is 59.9 Å². The fourth-order valence-corrected chi connectivity index (χ4v) is 2.89. The first-order valence-corrected chi connectivity index (χ1v) is 8.10. The highest BCUT2D eigenvalue weighted by Crippen LogP contribution is 2.30. The summed E-state index contributed by atoms with van der Waals surface area (Å²) in [5.74, 6) is -0.00640. The normalized spacial score (nSPS) is 20.5. The number of carbonyl (C=O) groups is 1. The molecule has 1 amide bonds. The predicted molar refractivity (Wildman–Crippen MR) is 93.2 cm³/mol. The average Bonchev–Trinajstić information content (AvgIpc) is 2.99. The maximum atomic E-state index is 12.7. The van der Waals surface area contributed by atoms with Crippen LogP contribution in [0, 0.1) is 0 Å². The molecule has 126 valence electrons. The second-order valence-corrected chi connectivity index (χ2v) is 6.75. The quantitative estimate of drug-likeness (QED) is 0.815. The molecule has 1 aliphatic rings. The van der Waals surface area contributed by atoms with Crippen molar-refractivity contribution in [2.75, 3.05) is 13.2 Å². The molecule has 3 rings (SSSR count). The van der Waals surface area contributed by atoms with E-state index < -0.39 is 0 Å². The highest BCUT2D eigenvalue weighted by molar-refractivity contribution is 5.92. The Bertz CT molecular complexity index is 734. The largest absolute Gasteiger partial charge is 0.369 e. The molecule has 1 unspecified atom stereocenters. The average molecular weight is 325 g/mol. The van der Waals surface area contributed by atoms with Crippen molar-refractivity contribution in [2.24, 2.45) is 7.05 Å². The Morgan fingerprint density at radius 3 is 2.75 bits per heavy atom. The summed E-state index contributed by atoms with van der Waals surface area (Å²) < 4.78 is 7.71. The molecule has 1 saturated heterocycles. The molecule has 0 N–H and O–H groups in total. The molecule has 24 heavy (non-hydrogen) atoms. The van der Waals surface area contributed by atoms with Gasteiger partial charge in [-0.15, -0.1) is 0 Å². The Balaban J connectivity index is 1.75. The maximum Gasteiger partial charge on any atom is 0.247 e. The van der Waals surface area contributed by atoms with Gasteiger partial charge in [0, 0.05) is 24.9 Å². The van der Waals surface area contributed by atoms with E-state index in [-0.39, 0.29) is 17.6 Å². The van der Waals surface area contributed by atoms with Crippen LogP contribution in [0.15, 0.2) is 48.8 Å². The topological polar surface area (TPSA) is 47.4 Å². The standard InChI is InChI=1S/C19H23N3O2/c1-19(2)14-24-17(16-7-5-4-6-8-16)13-22(19)18(23)10-9-15-11-20-21(3)12-15/h4-12,17H,13-14H2,1-3H3/b10-9+. The van der Waals surface area contributed by atoms with Gasteiger partial charge in [-0.2, -0.15) is 5.10 Å². The number of ether oxygens (including phenoxy) is 1. The first-order valence-electron chi connectivity index (χ1n) is 8.10. The minimum atomic E-state index is -0.332. The van der Waals surface area contributed by atoms with Gasteiger partial charge < -0.3 is 9.64 Å². The van der Waals surface area contributed by atoms with Crippen LogP contribution in [-0.4, -0.2) is 39.3 Å². The molecule has 1 atom stereocenters. The van der Waals surface area contributed by atoms with Gasteiger partial charge in [0.15, 0.2) is 0 Å². The van der Waals surface area contributed by atoms with E-state index in [0.717, 1.165) is 11.1 Å². The zero-order chi connectivity index (χ0) is 17.2. The van der Waals surface area contributed by atoms with Gasteiger partial charge in [0.25, 0.3) is 0 Å². The molecule has 1 aromatic carbocycles. The number of aromatic nitrogens is 2. The Morgan fingerprint density at radius 2 is 2.08 bits per heavy atom. The molecule has 2 heterocycles. The van der Waals surface area contributed by atoms with E-state index in [1.54, 1.807) is 23.0 Å². The molecule has 1 aromatic heterocycles. The summed E-state index contributed by atoms with van der Waals surface area (Å²) in [6, 6.07) is 10.0. The van der Waals surface area contributed by atoms with Crippen molar-refractivity contribution in [3.63, 3.8) is 0 Å². The summed E-state index contributed by atoms with van der Waals surface area (Å²) in [7, 11) is 1.86. The van der Waals surface area contributed by atoms with Crippen LogP contribution >= 0.6 is 0 Å². The number of rotatable bonds is 3. The van der Waals surface area contributed by atoms with Gasteiger partial charge in [0.1, 0.15) is 6.10 Å². The molecule has 0 aliphatic carbocycles. The van der Waals surface area contributed by atoms with Gasteiger partial charge in [-0.05, 0) is 25.5 Å². The van der Waals surface area contributed by atoms with Crippen molar-refractivity contribution in [1.29, 1.82) is 0 Å². The van der Waals surface area contributed by atoms with Crippen molar-refractivity contribution in [2.45, 2.75) is 25.5 Å². The summed E-state index contributed by atoms with van der Waals surface area (Å²) in [6.45, 7) is 5.13. The van der Waals surface area contributed by atoms with Crippen LogP contribution in [0.4, 0.5) is 0 Å². The van der Waals surface area contributed by atoms with Crippen LogP contribution in [0.5, 0.6) is 0 Å². The minimum absolute atomic E-state index is 0.00640. The molecular formula is C19H23N3O2. The smallest absolute Gasteiger partial charge is 0.247 e. The molecule has 5 heteroatoms. The summed E-state index contributed by atoms with van der Waals surface area (Å²) in [4.78, 5) is 14.6. The fourth-order valence-electron chi connectivity index (χ4n) is 2.89. The van der Waals surface area contributed by atoms with Crippen LogP contribution in [0.1, 0.15) is 31.1 Å². The minimum Gasteiger partial charge on any atom is -0.369 e. The number of hydrogen-bond donors (Lipinski definition) is 0. The molecule has 5 nitrogen and oxygen atoms in total. The van der Waals surface area contributed by atoms with Crippen LogP contribution < -0.4 is 0 Å². The second kappa shape index (κ2) is 6.61. The fraction of sp³-hybridized carbons (Fsp3) is 0.368. The number of amides is 1. The summed E-state index contributed by atoms with van der Waals surface area (Å²) in [5.41, 5.74) is 1.68. The first-order chi connectivity index (χ1) is 11.5. The Morgan fingerprint density at radius 1 is 1.33 bits per heavy atom. The lowest BCUT2D eigenvalue weighted by molar-refractivity contribution is -0.149. The number of aryl methyl sites for hydroxylation is 1. The van der Waals surface area contributed by atoms with Gasteiger partial charge in [-0.1, -0.05) is 30.3 Å². The molecule has 1 aliphatic heterocycles. The Kier molecular flexibility index (Phi) is 4.53. The first kappa shape index (κ1) is 16.5. The highest BCUT2D eigenvalue weighted by Gasteiger charge is 2.37. The molecule has 0 bridgehead atoms. The molecule has 0 saturated carbocycles. The Labute approximate surface area is 142 Å². The van der Waals surface area contributed by atoms with Crippen molar-refractivity contribution in [3.8, 4) is 0 Å². The number of nitrogens with zero attached hydrogens (tertiary/aromatic N) is 3. The van der Waals surface area contributed by atoms with Crippen molar-refractivity contribution >= 4 is 12.0 Å². The molecule has 0 spiro atoms. The number of carbonyl (C=O) groups excluding carboxylic acids is 1. The van der Waals surface area contributed by atoms with Crippen molar-refractivity contribution in [1.82, 2.24) is 14.7 Å². The van der Waals surface area contributed by atoms with Crippen molar-refractivity contribution < 1.29 is 9.53 Å². The van der Waals surface area contributed by atoms with Gasteiger partial charge in [0.2, 0.25) is 5.91 Å². The monoisotopic (exact) mass is 325 g/mol. The number of benzene rings is 1. The third-order valence-corrected chi connectivity index (χ3v) is 4.30. The molecular weight excluding hydrogens is 302 g/mol. The lowest BCUT2D eigenvalue weighted by atomic mass is 9.98. The zero-order valence-electron chi connectivity index (χ0n) is 14.3. The summed E-state index contributed by atoms with van der Waals surface area (Å²) in [6.07, 6.45) is 6.95. The summed E-state index contributed by atoms with van der Waals surface area (Å²) in [5, 5.41) is 4.11. The second-order valence-electron chi connectivity index (χ2n) is 6.75. The molecule has 0 radical (unpaired) electrons. The van der Waals surface area contributed by atoms with Crippen LogP contribution in [0.3, 0.4) is 0 Å². The van der Waals surface area contributed by atoms with Gasteiger partial charge in [-0.3, -0.25) is 9.48 Å².